The molecule has 0 radical (unpaired) electrons. The molecule has 0 saturated carbocycles. The lowest BCUT2D eigenvalue weighted by Crippen LogP contribution is -2.49. The highest BCUT2D eigenvalue weighted by Gasteiger charge is 2.40. The average molecular weight is 338 g/mol. The molecule has 25 heavy (non-hydrogen) atoms. The molecule has 0 fully saturated rings. The fraction of sp³-hybridized carbons (Fsp3) is 0.333. The largest absolute Gasteiger partial charge is 0.335 e. The molecule has 0 aliphatic carbocycles. The van der Waals surface area contributed by atoms with E-state index in [2.05, 4.69) is 5.32 Å². The quantitative estimate of drug-likeness (QED) is 0.807. The van der Waals surface area contributed by atoms with Crippen LogP contribution in [0.5, 0.6) is 0 Å². The van der Waals surface area contributed by atoms with Crippen molar-refractivity contribution in [1.29, 1.82) is 0 Å². The number of anilines is 1. The third-order valence-corrected chi connectivity index (χ3v) is 4.21. The summed E-state index contributed by atoms with van der Waals surface area (Å²) in [6.07, 6.45) is 0. The number of hydrogen-bond donors (Lipinski definition) is 1. The third-order valence-electron chi connectivity index (χ3n) is 4.21. The van der Waals surface area contributed by atoms with Crippen LogP contribution in [0.2, 0.25) is 0 Å². The molecule has 0 saturated heterocycles. The van der Waals surface area contributed by atoms with E-state index in [1.165, 1.54) is 0 Å². The zero-order chi connectivity index (χ0) is 18.4. The van der Waals surface area contributed by atoms with E-state index in [4.69, 9.17) is 0 Å². The van der Waals surface area contributed by atoms with Crippen molar-refractivity contribution in [1.82, 2.24) is 4.90 Å². The van der Waals surface area contributed by atoms with Gasteiger partial charge in [0.15, 0.2) is 0 Å². The van der Waals surface area contributed by atoms with Crippen LogP contribution in [0.1, 0.15) is 33.3 Å². The summed E-state index contributed by atoms with van der Waals surface area (Å²) in [6, 6.07) is 19.0. The monoisotopic (exact) mass is 338 g/mol. The van der Waals surface area contributed by atoms with Crippen LogP contribution in [-0.2, 0) is 16.1 Å². The van der Waals surface area contributed by atoms with Crippen molar-refractivity contribution in [3.63, 3.8) is 0 Å². The maximum Gasteiger partial charge on any atom is 0.239 e. The third kappa shape index (κ3) is 4.69. The minimum atomic E-state index is -1.16. The lowest BCUT2D eigenvalue weighted by atomic mass is 9.89. The molecule has 0 heterocycles. The van der Waals surface area contributed by atoms with Gasteiger partial charge in [-0.2, -0.15) is 0 Å². The number of nitrogens with zero attached hydrogens (tertiary/aromatic N) is 1. The zero-order valence-electron chi connectivity index (χ0n) is 15.3. The first-order valence-corrected chi connectivity index (χ1v) is 8.54. The van der Waals surface area contributed by atoms with Gasteiger partial charge in [0.25, 0.3) is 0 Å². The highest BCUT2D eigenvalue weighted by atomic mass is 16.2. The molecule has 0 aromatic heterocycles. The van der Waals surface area contributed by atoms with Gasteiger partial charge in [-0.05, 0) is 45.4 Å². The van der Waals surface area contributed by atoms with Gasteiger partial charge in [-0.15, -0.1) is 0 Å². The molecule has 0 aliphatic heterocycles. The van der Waals surface area contributed by atoms with Crippen molar-refractivity contribution >= 4 is 17.5 Å². The molecule has 2 aromatic rings. The number of carbonyl (C=O) groups excluding carboxylic acids is 2. The number of para-hydroxylation sites is 1. The molecule has 4 heteroatoms. The summed E-state index contributed by atoms with van der Waals surface area (Å²) in [5.41, 5.74) is 0.575. The molecule has 0 atom stereocenters. The second-order valence-electron chi connectivity index (χ2n) is 6.96. The lowest BCUT2D eigenvalue weighted by Gasteiger charge is -2.34. The Kier molecular flexibility index (Phi) is 5.97. The van der Waals surface area contributed by atoms with E-state index < -0.39 is 5.41 Å². The topological polar surface area (TPSA) is 49.4 Å². The normalized spacial score (nSPS) is 11.2. The molecule has 4 nitrogen and oxygen atoms in total. The van der Waals surface area contributed by atoms with Gasteiger partial charge in [-0.3, -0.25) is 9.59 Å². The number of rotatable bonds is 6. The molecule has 0 bridgehead atoms. The van der Waals surface area contributed by atoms with Crippen LogP contribution < -0.4 is 5.32 Å². The van der Waals surface area contributed by atoms with Gasteiger partial charge in [0.2, 0.25) is 11.8 Å². The maximum absolute atomic E-state index is 13.1. The number of hydrogen-bond acceptors (Lipinski definition) is 2. The van der Waals surface area contributed by atoms with Crippen molar-refractivity contribution in [2.75, 3.05) is 5.32 Å². The van der Waals surface area contributed by atoms with Crippen LogP contribution in [0.15, 0.2) is 60.7 Å². The summed E-state index contributed by atoms with van der Waals surface area (Å²) in [6.45, 7) is 7.76. The standard InChI is InChI=1S/C21H26N2O2/c1-16(2)23(15-17-11-7-5-8-12-17)20(25)21(3,4)19(24)22-18-13-9-6-10-14-18/h5-14,16H,15H2,1-4H3,(H,22,24). The number of amides is 2. The van der Waals surface area contributed by atoms with Gasteiger partial charge >= 0.3 is 0 Å². The fourth-order valence-electron chi connectivity index (χ4n) is 2.53. The predicted octanol–water partition coefficient (Wildman–Crippen LogP) is 4.09. The smallest absolute Gasteiger partial charge is 0.239 e. The molecular formula is C21H26N2O2. The van der Waals surface area contributed by atoms with Gasteiger partial charge in [-0.25, -0.2) is 0 Å². The van der Waals surface area contributed by atoms with E-state index >= 15 is 0 Å². The first-order chi connectivity index (χ1) is 11.8. The summed E-state index contributed by atoms with van der Waals surface area (Å²) >= 11 is 0. The van der Waals surface area contributed by atoms with Gasteiger partial charge in [0.05, 0.1) is 0 Å². The van der Waals surface area contributed by atoms with Crippen molar-refractivity contribution in [3.05, 3.63) is 66.2 Å². The van der Waals surface area contributed by atoms with Crippen LogP contribution in [0.25, 0.3) is 0 Å². The average Bonchev–Trinajstić information content (AvgIpc) is 2.60. The fourth-order valence-corrected chi connectivity index (χ4v) is 2.53. The van der Waals surface area contributed by atoms with Crippen LogP contribution in [0.3, 0.4) is 0 Å². The molecule has 0 spiro atoms. The second-order valence-corrected chi connectivity index (χ2v) is 6.96. The minimum absolute atomic E-state index is 0.00323. The molecule has 2 amide bonds. The number of benzene rings is 2. The molecular weight excluding hydrogens is 312 g/mol. The Morgan fingerprint density at radius 2 is 1.48 bits per heavy atom. The summed E-state index contributed by atoms with van der Waals surface area (Å²) in [4.78, 5) is 27.6. The highest BCUT2D eigenvalue weighted by Crippen LogP contribution is 2.24. The summed E-state index contributed by atoms with van der Waals surface area (Å²) < 4.78 is 0. The Morgan fingerprint density at radius 3 is 2.00 bits per heavy atom. The van der Waals surface area contributed by atoms with Crippen molar-refractivity contribution < 1.29 is 9.59 Å². The second kappa shape index (κ2) is 7.97. The Balaban J connectivity index is 2.17. The maximum atomic E-state index is 13.1. The van der Waals surface area contributed by atoms with Gasteiger partial charge in [-0.1, -0.05) is 48.5 Å². The molecule has 1 N–H and O–H groups in total. The Morgan fingerprint density at radius 1 is 0.960 bits per heavy atom. The predicted molar refractivity (Wildman–Crippen MR) is 101 cm³/mol. The van der Waals surface area contributed by atoms with Gasteiger partial charge in [0.1, 0.15) is 5.41 Å². The van der Waals surface area contributed by atoms with E-state index in [0.29, 0.717) is 12.2 Å². The molecule has 2 rings (SSSR count). The van der Waals surface area contributed by atoms with E-state index in [1.807, 2.05) is 74.5 Å². The van der Waals surface area contributed by atoms with Crippen molar-refractivity contribution in [3.8, 4) is 0 Å². The lowest BCUT2D eigenvalue weighted by molar-refractivity contribution is -0.148. The summed E-state index contributed by atoms with van der Waals surface area (Å²) in [7, 11) is 0. The Hall–Kier alpha value is -2.62. The van der Waals surface area contributed by atoms with Crippen molar-refractivity contribution in [2.24, 2.45) is 5.41 Å². The summed E-state index contributed by atoms with van der Waals surface area (Å²) in [5.74, 6) is -0.484. The van der Waals surface area contributed by atoms with E-state index in [1.54, 1.807) is 18.7 Å². The molecule has 0 unspecified atom stereocenters. The molecule has 132 valence electrons. The van der Waals surface area contributed by atoms with E-state index in [9.17, 15) is 9.59 Å². The highest BCUT2D eigenvalue weighted by molar-refractivity contribution is 6.09. The minimum Gasteiger partial charge on any atom is -0.335 e. The number of nitrogens with one attached hydrogen (secondary N) is 1. The summed E-state index contributed by atoms with van der Waals surface area (Å²) in [5, 5.41) is 2.83. The Labute approximate surface area is 149 Å². The van der Waals surface area contributed by atoms with E-state index in [-0.39, 0.29) is 17.9 Å². The van der Waals surface area contributed by atoms with Crippen LogP contribution >= 0.6 is 0 Å². The molecule has 2 aromatic carbocycles. The van der Waals surface area contributed by atoms with Crippen LogP contribution in [0, 0.1) is 5.41 Å². The SMILES string of the molecule is CC(C)N(Cc1ccccc1)C(=O)C(C)(C)C(=O)Nc1ccccc1. The van der Waals surface area contributed by atoms with E-state index in [0.717, 1.165) is 5.56 Å². The molecule has 0 aliphatic rings. The van der Waals surface area contributed by atoms with Gasteiger partial charge < -0.3 is 10.2 Å². The first kappa shape index (κ1) is 18.7. The van der Waals surface area contributed by atoms with Crippen LogP contribution in [-0.4, -0.2) is 22.8 Å². The number of carbonyl (C=O) groups is 2. The van der Waals surface area contributed by atoms with Gasteiger partial charge in [0, 0.05) is 18.3 Å². The first-order valence-electron chi connectivity index (χ1n) is 8.54. The Bertz CT molecular complexity index is 709. The van der Waals surface area contributed by atoms with Crippen LogP contribution in [0.4, 0.5) is 5.69 Å². The van der Waals surface area contributed by atoms with Crippen molar-refractivity contribution in [2.45, 2.75) is 40.3 Å². The zero-order valence-corrected chi connectivity index (χ0v) is 15.3.